The van der Waals surface area contributed by atoms with Crippen molar-refractivity contribution in [2.24, 2.45) is 0 Å². The topological polar surface area (TPSA) is 75.7 Å². The minimum atomic E-state index is -4.00. The predicted molar refractivity (Wildman–Crippen MR) is 140 cm³/mol. The van der Waals surface area contributed by atoms with Crippen molar-refractivity contribution in [3.05, 3.63) is 102 Å². The minimum Gasteiger partial charge on any atom is -0.491 e. The fourth-order valence-electron chi connectivity index (χ4n) is 3.69. The standard InChI is InChI=1S/C27H25ClN2O4S/c1-20-6-4-9-23(18-20)30(35(32,33)24-14-12-22(28)13-15-24)19-27(31)29-16-17-34-26-11-5-8-21-7-2-3-10-25(21)26/h2-15,18H,16-17,19H2,1H3,(H,29,31). The van der Waals surface area contributed by atoms with Gasteiger partial charge in [0.25, 0.3) is 10.0 Å². The fourth-order valence-corrected chi connectivity index (χ4v) is 5.23. The second kappa shape index (κ2) is 10.8. The molecule has 4 aromatic carbocycles. The first-order valence-electron chi connectivity index (χ1n) is 11.1. The van der Waals surface area contributed by atoms with Crippen molar-refractivity contribution in [3.8, 4) is 5.75 Å². The Bertz CT molecular complexity index is 1430. The van der Waals surface area contributed by atoms with Crippen molar-refractivity contribution in [2.45, 2.75) is 11.8 Å². The number of ether oxygens (including phenoxy) is 1. The Kier molecular flexibility index (Phi) is 7.58. The number of benzene rings is 4. The van der Waals surface area contributed by atoms with E-state index in [4.69, 9.17) is 16.3 Å². The molecule has 0 fully saturated rings. The first kappa shape index (κ1) is 24.6. The molecule has 4 rings (SSSR count). The lowest BCUT2D eigenvalue weighted by molar-refractivity contribution is -0.119. The highest BCUT2D eigenvalue weighted by atomic mass is 35.5. The lowest BCUT2D eigenvalue weighted by Crippen LogP contribution is -2.42. The molecule has 0 saturated carbocycles. The van der Waals surface area contributed by atoms with Crippen LogP contribution in [0.1, 0.15) is 5.56 Å². The van der Waals surface area contributed by atoms with E-state index < -0.39 is 15.9 Å². The average Bonchev–Trinajstić information content (AvgIpc) is 2.85. The molecule has 0 radical (unpaired) electrons. The summed E-state index contributed by atoms with van der Waals surface area (Å²) in [6.07, 6.45) is 0. The molecule has 0 aliphatic heterocycles. The summed E-state index contributed by atoms with van der Waals surface area (Å²) < 4.78 is 33.8. The van der Waals surface area contributed by atoms with Crippen LogP contribution >= 0.6 is 11.6 Å². The van der Waals surface area contributed by atoms with Crippen LogP contribution in [0.4, 0.5) is 5.69 Å². The maximum absolute atomic E-state index is 13.4. The number of nitrogens with zero attached hydrogens (tertiary/aromatic N) is 1. The van der Waals surface area contributed by atoms with Gasteiger partial charge >= 0.3 is 0 Å². The second-order valence-corrected chi connectivity index (χ2v) is 10.3. The van der Waals surface area contributed by atoms with Gasteiger partial charge in [0, 0.05) is 10.4 Å². The van der Waals surface area contributed by atoms with E-state index >= 15 is 0 Å². The number of rotatable bonds is 9. The Morgan fingerprint density at radius 3 is 2.43 bits per heavy atom. The SMILES string of the molecule is Cc1cccc(N(CC(=O)NCCOc2cccc3ccccc23)S(=O)(=O)c2ccc(Cl)cc2)c1. The second-order valence-electron chi connectivity index (χ2n) is 7.98. The monoisotopic (exact) mass is 508 g/mol. The van der Waals surface area contributed by atoms with Crippen molar-refractivity contribution in [1.29, 1.82) is 0 Å². The number of carbonyl (C=O) groups is 1. The summed E-state index contributed by atoms with van der Waals surface area (Å²) in [6.45, 7) is 1.96. The molecule has 0 unspecified atom stereocenters. The third-order valence-electron chi connectivity index (χ3n) is 5.41. The van der Waals surface area contributed by atoms with E-state index in [1.54, 1.807) is 18.2 Å². The predicted octanol–water partition coefficient (Wildman–Crippen LogP) is 5.19. The summed E-state index contributed by atoms with van der Waals surface area (Å²) in [7, 11) is -4.00. The molecule has 0 aromatic heterocycles. The van der Waals surface area contributed by atoms with Gasteiger partial charge in [0.2, 0.25) is 5.91 Å². The van der Waals surface area contributed by atoms with E-state index in [0.29, 0.717) is 10.7 Å². The van der Waals surface area contributed by atoms with Gasteiger partial charge in [-0.1, -0.05) is 60.1 Å². The highest BCUT2D eigenvalue weighted by Gasteiger charge is 2.27. The first-order chi connectivity index (χ1) is 16.8. The van der Waals surface area contributed by atoms with Crippen LogP contribution in [0, 0.1) is 6.92 Å². The summed E-state index contributed by atoms with van der Waals surface area (Å²) in [6, 6.07) is 26.6. The number of fused-ring (bicyclic) bond motifs is 1. The highest BCUT2D eigenvalue weighted by molar-refractivity contribution is 7.92. The number of hydrogen-bond acceptors (Lipinski definition) is 4. The number of sulfonamides is 1. The average molecular weight is 509 g/mol. The van der Waals surface area contributed by atoms with Crippen LogP contribution < -0.4 is 14.4 Å². The van der Waals surface area contributed by atoms with Crippen molar-refractivity contribution < 1.29 is 17.9 Å². The molecule has 4 aromatic rings. The number of carbonyl (C=O) groups excluding carboxylic acids is 1. The fraction of sp³-hybridized carbons (Fsp3) is 0.148. The van der Waals surface area contributed by atoms with E-state index in [2.05, 4.69) is 5.32 Å². The lowest BCUT2D eigenvalue weighted by Gasteiger charge is -2.24. The van der Waals surface area contributed by atoms with Crippen LogP contribution in [-0.2, 0) is 14.8 Å². The molecular formula is C27H25ClN2O4S. The largest absolute Gasteiger partial charge is 0.491 e. The minimum absolute atomic E-state index is 0.0514. The number of aryl methyl sites for hydroxylation is 1. The van der Waals surface area contributed by atoms with E-state index in [1.165, 1.54) is 24.3 Å². The first-order valence-corrected chi connectivity index (χ1v) is 12.9. The molecule has 8 heteroatoms. The summed E-state index contributed by atoms with van der Waals surface area (Å²) in [5.74, 6) is 0.287. The molecule has 1 N–H and O–H groups in total. The Morgan fingerprint density at radius 1 is 0.943 bits per heavy atom. The van der Waals surface area contributed by atoms with E-state index in [0.717, 1.165) is 26.4 Å². The van der Waals surface area contributed by atoms with Crippen LogP contribution in [-0.4, -0.2) is 34.0 Å². The molecule has 35 heavy (non-hydrogen) atoms. The van der Waals surface area contributed by atoms with E-state index in [-0.39, 0.29) is 24.6 Å². The van der Waals surface area contributed by atoms with Gasteiger partial charge in [-0.2, -0.15) is 0 Å². The van der Waals surface area contributed by atoms with E-state index in [9.17, 15) is 13.2 Å². The van der Waals surface area contributed by atoms with Crippen LogP contribution in [0.25, 0.3) is 10.8 Å². The summed E-state index contributed by atoms with van der Waals surface area (Å²) in [5, 5.41) is 5.24. The van der Waals surface area contributed by atoms with Crippen molar-refractivity contribution >= 4 is 44.0 Å². The molecule has 0 aliphatic rings. The number of anilines is 1. The Labute approximate surface area is 210 Å². The Morgan fingerprint density at radius 2 is 1.66 bits per heavy atom. The molecule has 0 atom stereocenters. The van der Waals surface area contributed by atoms with Crippen LogP contribution in [0.3, 0.4) is 0 Å². The van der Waals surface area contributed by atoms with Crippen LogP contribution in [0.5, 0.6) is 5.75 Å². The van der Waals surface area contributed by atoms with Gasteiger partial charge in [-0.15, -0.1) is 0 Å². The van der Waals surface area contributed by atoms with Crippen LogP contribution in [0.15, 0.2) is 95.9 Å². The lowest BCUT2D eigenvalue weighted by atomic mass is 10.1. The van der Waals surface area contributed by atoms with Gasteiger partial charge in [0.1, 0.15) is 18.9 Å². The van der Waals surface area contributed by atoms with Gasteiger partial charge < -0.3 is 10.1 Å². The maximum atomic E-state index is 13.4. The molecule has 180 valence electrons. The quantitative estimate of drug-likeness (QED) is 0.316. The van der Waals surface area contributed by atoms with E-state index in [1.807, 2.05) is 55.5 Å². The Balaban J connectivity index is 1.45. The molecule has 0 heterocycles. The van der Waals surface area contributed by atoms with Gasteiger partial charge in [0.05, 0.1) is 17.1 Å². The van der Waals surface area contributed by atoms with Gasteiger partial charge in [-0.05, 0) is 60.3 Å². The number of halogens is 1. The molecule has 0 saturated heterocycles. The third kappa shape index (κ3) is 5.93. The normalized spacial score (nSPS) is 11.3. The van der Waals surface area contributed by atoms with Crippen molar-refractivity contribution in [3.63, 3.8) is 0 Å². The maximum Gasteiger partial charge on any atom is 0.264 e. The summed E-state index contributed by atoms with van der Waals surface area (Å²) in [4.78, 5) is 12.8. The summed E-state index contributed by atoms with van der Waals surface area (Å²) in [5.41, 5.74) is 1.28. The van der Waals surface area contributed by atoms with Gasteiger partial charge in [-0.25, -0.2) is 8.42 Å². The molecule has 0 bridgehead atoms. The number of nitrogens with one attached hydrogen (secondary N) is 1. The smallest absolute Gasteiger partial charge is 0.264 e. The molecule has 6 nitrogen and oxygen atoms in total. The van der Waals surface area contributed by atoms with Gasteiger partial charge in [0.15, 0.2) is 0 Å². The zero-order valence-corrected chi connectivity index (χ0v) is 20.7. The third-order valence-corrected chi connectivity index (χ3v) is 7.45. The number of amides is 1. The highest BCUT2D eigenvalue weighted by Crippen LogP contribution is 2.26. The Hall–Kier alpha value is -3.55. The zero-order valence-electron chi connectivity index (χ0n) is 19.1. The van der Waals surface area contributed by atoms with Gasteiger partial charge in [-0.3, -0.25) is 9.10 Å². The molecule has 1 amide bonds. The van der Waals surface area contributed by atoms with Crippen LogP contribution in [0.2, 0.25) is 5.02 Å². The molecule has 0 aliphatic carbocycles. The van der Waals surface area contributed by atoms with Crippen molar-refractivity contribution in [1.82, 2.24) is 5.32 Å². The summed E-state index contributed by atoms with van der Waals surface area (Å²) >= 11 is 5.93. The number of hydrogen-bond donors (Lipinski definition) is 1. The molecule has 0 spiro atoms. The molecular weight excluding hydrogens is 484 g/mol. The van der Waals surface area contributed by atoms with Crippen molar-refractivity contribution in [2.75, 3.05) is 24.0 Å². The zero-order chi connectivity index (χ0) is 24.8.